The fraction of sp³-hybridized carbons (Fsp3) is 0.381. The topological polar surface area (TPSA) is 84.5 Å². The summed E-state index contributed by atoms with van der Waals surface area (Å²) in [5, 5.41) is 2.62. The van der Waals surface area contributed by atoms with Gasteiger partial charge in [-0.05, 0) is 61.4 Å². The number of ether oxygens (including phenoxy) is 1. The first-order valence-corrected chi connectivity index (χ1v) is 10.9. The van der Waals surface area contributed by atoms with Crippen LogP contribution in [0.25, 0.3) is 0 Å². The summed E-state index contributed by atoms with van der Waals surface area (Å²) in [6.07, 6.45) is 4.53. The molecule has 1 aliphatic carbocycles. The number of hydrogen-bond donors (Lipinski definition) is 2. The number of nitrogens with one attached hydrogen (secondary N) is 2. The molecule has 150 valence electrons. The van der Waals surface area contributed by atoms with Gasteiger partial charge in [-0.2, -0.15) is 0 Å². The molecule has 0 radical (unpaired) electrons. The Morgan fingerprint density at radius 1 is 1.07 bits per heavy atom. The number of aryl methyl sites for hydroxylation is 2. The van der Waals surface area contributed by atoms with Gasteiger partial charge >= 0.3 is 0 Å². The van der Waals surface area contributed by atoms with E-state index in [0.29, 0.717) is 11.4 Å². The fourth-order valence-corrected chi connectivity index (χ4v) is 4.77. The van der Waals surface area contributed by atoms with E-state index < -0.39 is 10.0 Å². The molecular formula is C21H26N2O4S. The number of benzene rings is 2. The Labute approximate surface area is 166 Å². The minimum absolute atomic E-state index is 0.0864. The van der Waals surface area contributed by atoms with Crippen LogP contribution in [-0.4, -0.2) is 21.4 Å². The highest BCUT2D eigenvalue weighted by Crippen LogP contribution is 2.29. The molecule has 28 heavy (non-hydrogen) atoms. The zero-order valence-corrected chi connectivity index (χ0v) is 17.2. The van der Waals surface area contributed by atoms with Crippen molar-refractivity contribution in [2.45, 2.75) is 50.5 Å². The summed E-state index contributed by atoms with van der Waals surface area (Å²) < 4.78 is 33.7. The molecule has 0 aromatic heterocycles. The van der Waals surface area contributed by atoms with Crippen LogP contribution in [0, 0.1) is 0 Å². The molecule has 7 heteroatoms. The first kappa shape index (κ1) is 20.4. The number of anilines is 1. The van der Waals surface area contributed by atoms with E-state index in [2.05, 4.69) is 22.2 Å². The van der Waals surface area contributed by atoms with Gasteiger partial charge in [0.05, 0.1) is 17.7 Å². The van der Waals surface area contributed by atoms with Crippen molar-refractivity contribution in [1.82, 2.24) is 4.72 Å². The van der Waals surface area contributed by atoms with Crippen molar-refractivity contribution >= 4 is 21.6 Å². The summed E-state index contributed by atoms with van der Waals surface area (Å²) in [4.78, 5) is 11.4. The molecule has 1 amide bonds. The van der Waals surface area contributed by atoms with Crippen molar-refractivity contribution in [2.24, 2.45) is 0 Å². The number of methoxy groups -OCH3 is 1. The summed E-state index contributed by atoms with van der Waals surface area (Å²) in [6.45, 7) is 3.22. The predicted octanol–water partition coefficient (Wildman–Crippen LogP) is 3.57. The van der Waals surface area contributed by atoms with Gasteiger partial charge in [-0.25, -0.2) is 13.1 Å². The quantitative estimate of drug-likeness (QED) is 0.774. The molecule has 0 saturated carbocycles. The van der Waals surface area contributed by atoms with Crippen molar-refractivity contribution in [3.8, 4) is 5.75 Å². The molecule has 2 aromatic rings. The van der Waals surface area contributed by atoms with Gasteiger partial charge in [0.25, 0.3) is 0 Å². The van der Waals surface area contributed by atoms with Crippen LogP contribution in [0.15, 0.2) is 41.3 Å². The maximum atomic E-state index is 12.9. The average Bonchev–Trinajstić information content (AvgIpc) is 2.67. The zero-order chi connectivity index (χ0) is 20.3. The van der Waals surface area contributed by atoms with Gasteiger partial charge in [0, 0.05) is 19.0 Å². The number of hydrogen-bond acceptors (Lipinski definition) is 4. The van der Waals surface area contributed by atoms with E-state index in [1.807, 2.05) is 13.0 Å². The Morgan fingerprint density at radius 3 is 2.46 bits per heavy atom. The Kier molecular flexibility index (Phi) is 6.05. The van der Waals surface area contributed by atoms with E-state index in [9.17, 15) is 13.2 Å². The van der Waals surface area contributed by atoms with E-state index in [1.54, 1.807) is 0 Å². The summed E-state index contributed by atoms with van der Waals surface area (Å²) in [5.41, 5.74) is 4.06. The third kappa shape index (κ3) is 4.54. The maximum Gasteiger partial charge on any atom is 0.241 e. The van der Waals surface area contributed by atoms with E-state index in [4.69, 9.17) is 4.74 Å². The number of carbonyl (C=O) groups is 1. The highest BCUT2D eigenvalue weighted by atomic mass is 32.2. The maximum absolute atomic E-state index is 12.9. The lowest BCUT2D eigenvalue weighted by Gasteiger charge is -2.20. The molecule has 0 saturated heterocycles. The largest absolute Gasteiger partial charge is 0.495 e. The van der Waals surface area contributed by atoms with Gasteiger partial charge in [-0.3, -0.25) is 4.79 Å². The van der Waals surface area contributed by atoms with Crippen LogP contribution in [0.1, 0.15) is 49.4 Å². The van der Waals surface area contributed by atoms with Crippen LogP contribution in [-0.2, 0) is 27.7 Å². The molecular weight excluding hydrogens is 376 g/mol. The van der Waals surface area contributed by atoms with Crippen LogP contribution in [0.5, 0.6) is 5.75 Å². The van der Waals surface area contributed by atoms with E-state index >= 15 is 0 Å². The van der Waals surface area contributed by atoms with Gasteiger partial charge in [-0.1, -0.05) is 18.2 Å². The minimum atomic E-state index is -3.75. The van der Waals surface area contributed by atoms with Gasteiger partial charge in [-0.15, -0.1) is 0 Å². The molecule has 0 heterocycles. The standard InChI is InChI=1S/C21H26N2O4S/c1-14(17-9-8-16-6-4-5-7-18(16)12-17)23-28(25,26)19-10-11-20(22-15(2)24)21(13-19)27-3/h8-14,23H,4-7H2,1-3H3,(H,22,24)/t14-/m1/s1. The molecule has 0 fully saturated rings. The fourth-order valence-electron chi connectivity index (χ4n) is 3.52. The second kappa shape index (κ2) is 8.32. The Bertz CT molecular complexity index is 986. The van der Waals surface area contributed by atoms with Gasteiger partial charge in [0.2, 0.25) is 15.9 Å². The van der Waals surface area contributed by atoms with E-state index in [1.165, 1.54) is 56.2 Å². The number of carbonyl (C=O) groups excluding carboxylic acids is 1. The SMILES string of the molecule is COc1cc(S(=O)(=O)N[C@H](C)c2ccc3c(c2)CCCC3)ccc1NC(C)=O. The highest BCUT2D eigenvalue weighted by Gasteiger charge is 2.21. The number of fused-ring (bicyclic) bond motifs is 1. The van der Waals surface area contributed by atoms with Crippen LogP contribution >= 0.6 is 0 Å². The third-order valence-electron chi connectivity index (χ3n) is 5.00. The van der Waals surface area contributed by atoms with Gasteiger partial charge < -0.3 is 10.1 Å². The van der Waals surface area contributed by atoms with Gasteiger partial charge in [0.15, 0.2) is 0 Å². The Balaban J connectivity index is 1.82. The monoisotopic (exact) mass is 402 g/mol. The van der Waals surface area contributed by atoms with E-state index in [-0.39, 0.29) is 16.8 Å². The lowest BCUT2D eigenvalue weighted by molar-refractivity contribution is -0.114. The summed E-state index contributed by atoms with van der Waals surface area (Å²) in [6, 6.07) is 10.2. The van der Waals surface area contributed by atoms with Crippen LogP contribution < -0.4 is 14.8 Å². The zero-order valence-electron chi connectivity index (χ0n) is 16.4. The lowest BCUT2D eigenvalue weighted by Crippen LogP contribution is -2.27. The van der Waals surface area contributed by atoms with E-state index in [0.717, 1.165) is 18.4 Å². The highest BCUT2D eigenvalue weighted by molar-refractivity contribution is 7.89. The summed E-state index contributed by atoms with van der Waals surface area (Å²) >= 11 is 0. The molecule has 1 atom stereocenters. The normalized spacial score (nSPS) is 14.8. The van der Waals surface area contributed by atoms with Crippen LogP contribution in [0.3, 0.4) is 0 Å². The van der Waals surface area contributed by atoms with Crippen molar-refractivity contribution in [2.75, 3.05) is 12.4 Å². The molecule has 0 spiro atoms. The van der Waals surface area contributed by atoms with Crippen LogP contribution in [0.4, 0.5) is 5.69 Å². The van der Waals surface area contributed by atoms with Crippen molar-refractivity contribution in [3.05, 3.63) is 53.1 Å². The number of amides is 1. The van der Waals surface area contributed by atoms with Crippen molar-refractivity contribution < 1.29 is 17.9 Å². The second-order valence-corrected chi connectivity index (χ2v) is 8.84. The molecule has 2 N–H and O–H groups in total. The average molecular weight is 403 g/mol. The molecule has 2 aromatic carbocycles. The molecule has 0 unspecified atom stereocenters. The molecule has 0 bridgehead atoms. The lowest BCUT2D eigenvalue weighted by atomic mass is 9.89. The number of rotatable bonds is 6. The summed E-state index contributed by atoms with van der Waals surface area (Å²) in [7, 11) is -2.32. The van der Waals surface area contributed by atoms with Crippen molar-refractivity contribution in [3.63, 3.8) is 0 Å². The third-order valence-corrected chi connectivity index (χ3v) is 6.54. The predicted molar refractivity (Wildman–Crippen MR) is 109 cm³/mol. The molecule has 0 aliphatic heterocycles. The molecule has 3 rings (SSSR count). The first-order valence-electron chi connectivity index (χ1n) is 9.40. The van der Waals surface area contributed by atoms with Gasteiger partial charge in [0.1, 0.15) is 5.75 Å². The first-order chi connectivity index (χ1) is 13.3. The van der Waals surface area contributed by atoms with Crippen LogP contribution in [0.2, 0.25) is 0 Å². The summed E-state index contributed by atoms with van der Waals surface area (Å²) in [5.74, 6) is 0.0348. The Hall–Kier alpha value is -2.38. The molecule has 1 aliphatic rings. The minimum Gasteiger partial charge on any atom is -0.495 e. The molecule has 6 nitrogen and oxygen atoms in total. The smallest absolute Gasteiger partial charge is 0.241 e. The second-order valence-electron chi connectivity index (χ2n) is 7.12. The van der Waals surface area contributed by atoms with Crippen molar-refractivity contribution in [1.29, 1.82) is 0 Å². The Morgan fingerprint density at radius 2 is 1.79 bits per heavy atom. The number of sulfonamides is 1.